The number of nitrogens with zero attached hydrogens (tertiary/aromatic N) is 3. The summed E-state index contributed by atoms with van der Waals surface area (Å²) < 4.78 is 30.1. The van der Waals surface area contributed by atoms with E-state index in [1.54, 1.807) is 17.7 Å². The molecule has 11 heteroatoms. The Balaban J connectivity index is 2.79. The first-order valence-corrected chi connectivity index (χ1v) is 6.74. The van der Waals surface area contributed by atoms with E-state index in [-0.39, 0.29) is 11.8 Å². The van der Waals surface area contributed by atoms with Crippen LogP contribution in [0.4, 0.5) is 10.7 Å². The number of carbonyl (C=O) groups excluding carboxylic acids is 1. The van der Waals surface area contributed by atoms with Crippen molar-refractivity contribution in [3.63, 3.8) is 0 Å². The monoisotopic (exact) mass is 305 g/mol. The molecule has 112 valence electrons. The fourth-order valence-corrected chi connectivity index (χ4v) is 1.72. The van der Waals surface area contributed by atoms with E-state index in [9.17, 15) is 13.2 Å². The number of nitrogens with one attached hydrogen (secondary N) is 2. The molecule has 0 atom stereocenters. The summed E-state index contributed by atoms with van der Waals surface area (Å²) in [4.78, 5) is 23.8. The van der Waals surface area contributed by atoms with Gasteiger partial charge in [0.2, 0.25) is 11.8 Å². The minimum absolute atomic E-state index is 0.0883. The molecule has 0 unspecified atom stereocenters. The van der Waals surface area contributed by atoms with Crippen LogP contribution in [0.1, 0.15) is 5.69 Å². The van der Waals surface area contributed by atoms with Gasteiger partial charge in [-0.15, -0.1) is 0 Å². The number of amides is 2. The Morgan fingerprint density at radius 3 is 2.55 bits per heavy atom. The predicted molar refractivity (Wildman–Crippen MR) is 69.2 cm³/mol. The molecule has 0 spiro atoms. The van der Waals surface area contributed by atoms with Crippen LogP contribution in [0.5, 0.6) is 5.88 Å². The zero-order valence-electron chi connectivity index (χ0n) is 11.4. The number of methoxy groups -OCH3 is 1. The number of rotatable bonds is 5. The third kappa shape index (κ3) is 4.29. The Bertz CT molecular complexity index is 590. The van der Waals surface area contributed by atoms with Crippen molar-refractivity contribution in [2.75, 3.05) is 26.6 Å². The maximum absolute atomic E-state index is 11.6. The van der Waals surface area contributed by atoms with Crippen molar-refractivity contribution in [1.82, 2.24) is 19.2 Å². The summed E-state index contributed by atoms with van der Waals surface area (Å²) in [6.07, 6.45) is 0. The fourth-order valence-electron chi connectivity index (χ4n) is 1.11. The number of aromatic nitrogens is 2. The number of urea groups is 1. The molecule has 2 N–H and O–H groups in total. The van der Waals surface area contributed by atoms with Crippen molar-refractivity contribution in [2.45, 2.75) is 6.92 Å². The average molecular weight is 305 g/mol. The lowest BCUT2D eigenvalue weighted by Gasteiger charge is -2.14. The maximum Gasteiger partial charge on any atom is 0.336 e. The highest BCUT2D eigenvalue weighted by molar-refractivity contribution is 7.87. The highest BCUT2D eigenvalue weighted by Crippen LogP contribution is 2.11. The predicted octanol–water partition coefficient (Wildman–Crippen LogP) is -0.347. The zero-order chi connectivity index (χ0) is 15.3. The summed E-state index contributed by atoms with van der Waals surface area (Å²) in [5, 5.41) is 2.18. The van der Waals surface area contributed by atoms with Gasteiger partial charge in [0, 0.05) is 18.8 Å². The lowest BCUT2D eigenvalue weighted by Crippen LogP contribution is -2.43. The molecule has 0 aromatic carbocycles. The molecule has 0 saturated carbocycles. The van der Waals surface area contributed by atoms with Gasteiger partial charge < -0.3 is 4.74 Å². The van der Waals surface area contributed by atoms with E-state index in [1.807, 2.05) is 0 Å². The molecule has 0 saturated heterocycles. The quantitative estimate of drug-likeness (QED) is 0.713. The number of anilines is 1. The Labute approximate surface area is 116 Å². The zero-order valence-corrected chi connectivity index (χ0v) is 12.2. The summed E-state index contributed by atoms with van der Waals surface area (Å²) in [6.45, 7) is 1.67. The number of hydrogen-bond donors (Lipinski definition) is 2. The normalized spacial score (nSPS) is 11.2. The van der Waals surface area contributed by atoms with Crippen LogP contribution in [0.25, 0.3) is 0 Å². The standard InChI is InChI=1S/C9H15N5O5S/c1-6-5-7(18-3)11-8(10-6)12-9(15)13-20(16,17)14(2)19-4/h5H,1-4H3,(H2,10,11,12,13,15). The van der Waals surface area contributed by atoms with E-state index in [0.29, 0.717) is 10.2 Å². The van der Waals surface area contributed by atoms with Gasteiger partial charge in [-0.2, -0.15) is 13.4 Å². The molecular weight excluding hydrogens is 290 g/mol. The van der Waals surface area contributed by atoms with E-state index in [1.165, 1.54) is 7.11 Å². The molecular formula is C9H15N5O5S. The van der Waals surface area contributed by atoms with Crippen molar-refractivity contribution >= 4 is 22.2 Å². The molecule has 0 fully saturated rings. The lowest BCUT2D eigenvalue weighted by atomic mass is 10.4. The first kappa shape index (κ1) is 16.1. The van der Waals surface area contributed by atoms with Crippen LogP contribution in [-0.2, 0) is 15.0 Å². The van der Waals surface area contributed by atoms with Crippen LogP contribution in [-0.4, -0.2) is 50.2 Å². The Morgan fingerprint density at radius 2 is 2.00 bits per heavy atom. The van der Waals surface area contributed by atoms with Crippen LogP contribution in [0, 0.1) is 6.92 Å². The summed E-state index contributed by atoms with van der Waals surface area (Å²) in [7, 11) is -0.416. The maximum atomic E-state index is 11.6. The van der Waals surface area contributed by atoms with Crippen LogP contribution in [0.3, 0.4) is 0 Å². The van der Waals surface area contributed by atoms with Crippen LogP contribution in [0.15, 0.2) is 6.07 Å². The molecule has 0 radical (unpaired) electrons. The molecule has 20 heavy (non-hydrogen) atoms. The number of hydrogen-bond acceptors (Lipinski definition) is 7. The van der Waals surface area contributed by atoms with Gasteiger partial charge in [-0.1, -0.05) is 4.47 Å². The van der Waals surface area contributed by atoms with Gasteiger partial charge in [0.05, 0.1) is 14.2 Å². The first-order valence-electron chi connectivity index (χ1n) is 5.30. The molecule has 1 aromatic heterocycles. The third-order valence-electron chi connectivity index (χ3n) is 2.08. The third-order valence-corrected chi connectivity index (χ3v) is 3.35. The average Bonchev–Trinajstić information content (AvgIpc) is 2.35. The Kier molecular flexibility index (Phi) is 5.19. The van der Waals surface area contributed by atoms with Gasteiger partial charge in [0.15, 0.2) is 0 Å². The highest BCUT2D eigenvalue weighted by Gasteiger charge is 2.21. The Hall–Kier alpha value is -1.98. The molecule has 1 aromatic rings. The minimum atomic E-state index is -4.09. The summed E-state index contributed by atoms with van der Waals surface area (Å²) >= 11 is 0. The molecule has 0 aliphatic carbocycles. The van der Waals surface area contributed by atoms with Gasteiger partial charge in [-0.3, -0.25) is 10.2 Å². The highest BCUT2D eigenvalue weighted by atomic mass is 32.2. The van der Waals surface area contributed by atoms with Gasteiger partial charge >= 0.3 is 16.2 Å². The number of aryl methyl sites for hydroxylation is 1. The number of ether oxygens (including phenoxy) is 1. The lowest BCUT2D eigenvalue weighted by molar-refractivity contribution is -0.0266. The van der Waals surface area contributed by atoms with E-state index in [4.69, 9.17) is 4.74 Å². The molecule has 1 rings (SSSR count). The smallest absolute Gasteiger partial charge is 0.336 e. The van der Waals surface area contributed by atoms with E-state index in [0.717, 1.165) is 14.2 Å². The van der Waals surface area contributed by atoms with Crippen LogP contribution < -0.4 is 14.8 Å². The van der Waals surface area contributed by atoms with Gasteiger partial charge in [-0.05, 0) is 6.92 Å². The van der Waals surface area contributed by atoms with Crippen molar-refractivity contribution in [3.8, 4) is 5.88 Å². The first-order chi connectivity index (χ1) is 9.28. The second kappa shape index (κ2) is 6.45. The van der Waals surface area contributed by atoms with Crippen molar-refractivity contribution in [1.29, 1.82) is 0 Å². The van der Waals surface area contributed by atoms with Crippen molar-refractivity contribution in [2.24, 2.45) is 0 Å². The largest absolute Gasteiger partial charge is 0.481 e. The van der Waals surface area contributed by atoms with E-state index < -0.39 is 16.2 Å². The summed E-state index contributed by atoms with van der Waals surface area (Å²) in [6, 6.07) is 0.528. The Morgan fingerprint density at radius 1 is 1.35 bits per heavy atom. The summed E-state index contributed by atoms with van der Waals surface area (Å²) in [5.41, 5.74) is 0.545. The van der Waals surface area contributed by atoms with E-state index >= 15 is 0 Å². The van der Waals surface area contributed by atoms with Crippen LogP contribution in [0.2, 0.25) is 0 Å². The van der Waals surface area contributed by atoms with Gasteiger partial charge in [-0.25, -0.2) is 14.5 Å². The second-order valence-electron chi connectivity index (χ2n) is 3.53. The van der Waals surface area contributed by atoms with Crippen molar-refractivity contribution in [3.05, 3.63) is 11.8 Å². The topological polar surface area (TPSA) is 123 Å². The van der Waals surface area contributed by atoms with Gasteiger partial charge in [0.1, 0.15) is 0 Å². The number of carbonyl (C=O) groups is 1. The summed E-state index contributed by atoms with van der Waals surface area (Å²) in [5.74, 6) is 0.152. The molecule has 0 bridgehead atoms. The van der Waals surface area contributed by atoms with Crippen LogP contribution >= 0.6 is 0 Å². The molecule has 0 aliphatic rings. The van der Waals surface area contributed by atoms with Crippen molar-refractivity contribution < 1.29 is 22.8 Å². The van der Waals surface area contributed by atoms with Gasteiger partial charge in [0.25, 0.3) is 0 Å². The SMILES string of the molecule is COc1cc(C)nc(NC(=O)NS(=O)(=O)N(C)OC)n1. The fraction of sp³-hybridized carbons (Fsp3) is 0.444. The number of hydroxylamine groups is 1. The molecule has 10 nitrogen and oxygen atoms in total. The van der Waals surface area contributed by atoms with E-state index in [2.05, 4.69) is 20.1 Å². The molecule has 0 aliphatic heterocycles. The molecule has 1 heterocycles. The molecule has 2 amide bonds. The second-order valence-corrected chi connectivity index (χ2v) is 5.20. The minimum Gasteiger partial charge on any atom is -0.481 e.